The maximum Gasteiger partial charge on any atom is 0.155 e. The van der Waals surface area contributed by atoms with Gasteiger partial charge in [0.1, 0.15) is 23.7 Å². The van der Waals surface area contributed by atoms with Gasteiger partial charge in [-0.1, -0.05) is 26.7 Å². The number of hydrogen-bond acceptors (Lipinski definition) is 9. The number of nitrogens with zero attached hydrogens (tertiary/aromatic N) is 3. The van der Waals surface area contributed by atoms with Gasteiger partial charge in [0, 0.05) is 68.4 Å². The van der Waals surface area contributed by atoms with Crippen LogP contribution in [0.4, 0.5) is 34.6 Å². The summed E-state index contributed by atoms with van der Waals surface area (Å²) < 4.78 is 52.2. The summed E-state index contributed by atoms with van der Waals surface area (Å²) in [5.74, 6) is -2.10. The van der Waals surface area contributed by atoms with E-state index in [0.29, 0.717) is 36.0 Å². The second kappa shape index (κ2) is 22.1. The minimum absolute atomic E-state index is 0.110. The van der Waals surface area contributed by atoms with Gasteiger partial charge in [0.15, 0.2) is 12.6 Å². The summed E-state index contributed by atoms with van der Waals surface area (Å²) in [5.41, 5.74) is 2.46. The number of anilines is 3. The summed E-state index contributed by atoms with van der Waals surface area (Å²) in [5, 5.41) is 9.74. The predicted octanol–water partition coefficient (Wildman–Crippen LogP) is 7.16. The van der Waals surface area contributed by atoms with Gasteiger partial charge in [0.05, 0.1) is 35.9 Å². The van der Waals surface area contributed by atoms with E-state index in [1.807, 2.05) is 12.1 Å². The van der Waals surface area contributed by atoms with Crippen molar-refractivity contribution in [1.29, 1.82) is 0 Å². The van der Waals surface area contributed by atoms with Crippen molar-refractivity contribution in [3.8, 4) is 0 Å². The Hall–Kier alpha value is -4.33. The number of halogens is 4. The first-order valence-electron chi connectivity index (χ1n) is 18.9. The topological polar surface area (TPSA) is 97.0 Å². The predicted molar refractivity (Wildman–Crippen MR) is 207 cm³/mol. The Morgan fingerprint density at radius 3 is 1.44 bits per heavy atom. The lowest BCUT2D eigenvalue weighted by molar-refractivity contribution is 0.110. The molecule has 54 heavy (non-hydrogen) atoms. The molecule has 3 saturated heterocycles. The second-order valence-corrected chi connectivity index (χ2v) is 14.1. The van der Waals surface area contributed by atoms with Crippen LogP contribution in [-0.2, 0) is 0 Å². The van der Waals surface area contributed by atoms with Crippen molar-refractivity contribution in [2.45, 2.75) is 64.1 Å². The van der Waals surface area contributed by atoms with Crippen LogP contribution in [0.5, 0.6) is 0 Å². The quantitative estimate of drug-likeness (QED) is 0.0924. The van der Waals surface area contributed by atoms with Gasteiger partial charge in [-0.2, -0.15) is 0 Å². The summed E-state index contributed by atoms with van der Waals surface area (Å²) in [6.45, 7) is 12.9. The second-order valence-electron chi connectivity index (χ2n) is 14.1. The number of alkyl halides is 1. The van der Waals surface area contributed by atoms with Crippen LogP contribution in [0.25, 0.3) is 0 Å². The van der Waals surface area contributed by atoms with Crippen LogP contribution < -0.4 is 16.0 Å². The molecule has 0 amide bonds. The molecule has 3 aromatic carbocycles. The number of carbonyl (C=O) groups excluding carboxylic acids is 3. The Morgan fingerprint density at radius 2 is 1.02 bits per heavy atom. The van der Waals surface area contributed by atoms with Gasteiger partial charge in [-0.25, -0.2) is 13.2 Å². The van der Waals surface area contributed by atoms with Gasteiger partial charge >= 0.3 is 0 Å². The van der Waals surface area contributed by atoms with Gasteiger partial charge in [-0.15, -0.1) is 0 Å². The summed E-state index contributed by atoms with van der Waals surface area (Å²) in [7, 11) is 0. The lowest BCUT2D eigenvalue weighted by Gasteiger charge is -2.40. The molecule has 3 heterocycles. The Labute approximate surface area is 316 Å². The van der Waals surface area contributed by atoms with E-state index < -0.39 is 23.0 Å². The van der Waals surface area contributed by atoms with Gasteiger partial charge in [-0.3, -0.25) is 33.5 Å². The van der Waals surface area contributed by atoms with Crippen LogP contribution >= 0.6 is 0 Å². The fourth-order valence-electron chi connectivity index (χ4n) is 6.44. The van der Waals surface area contributed by atoms with Crippen LogP contribution in [-0.4, -0.2) is 117 Å². The Morgan fingerprint density at radius 1 is 0.574 bits per heavy atom. The third kappa shape index (κ3) is 13.2. The van der Waals surface area contributed by atoms with Crippen molar-refractivity contribution in [2.75, 3.05) is 81.5 Å². The molecule has 3 aliphatic heterocycles. The largest absolute Gasteiger partial charge is 0.380 e. The average Bonchev–Trinajstić information content (AvgIpc) is 3.12. The molecule has 6 rings (SSSR count). The van der Waals surface area contributed by atoms with Crippen molar-refractivity contribution in [3.63, 3.8) is 0 Å². The molecule has 0 aliphatic carbocycles. The lowest BCUT2D eigenvalue weighted by Crippen LogP contribution is -2.54. The molecule has 0 spiro atoms. The van der Waals surface area contributed by atoms with Crippen molar-refractivity contribution < 1.29 is 31.9 Å². The zero-order valence-corrected chi connectivity index (χ0v) is 31.3. The van der Waals surface area contributed by atoms with E-state index in [9.17, 15) is 31.9 Å². The number of unbranched alkanes of at least 4 members (excludes halogenated alkanes) is 2. The van der Waals surface area contributed by atoms with Crippen LogP contribution in [0.1, 0.15) is 77.0 Å². The highest BCUT2D eigenvalue weighted by atomic mass is 19.1. The highest BCUT2D eigenvalue weighted by molar-refractivity contribution is 5.77. The number of carbonyl (C=O) groups is 3. The molecule has 0 radical (unpaired) electrons. The van der Waals surface area contributed by atoms with E-state index in [1.54, 1.807) is 18.2 Å². The van der Waals surface area contributed by atoms with Crippen molar-refractivity contribution in [1.82, 2.24) is 14.7 Å². The molecule has 13 heteroatoms. The molecule has 0 atom stereocenters. The molecule has 3 N–H and O–H groups in total. The van der Waals surface area contributed by atoms with Gasteiger partial charge in [0.2, 0.25) is 0 Å². The van der Waals surface area contributed by atoms with Crippen LogP contribution in [0.15, 0.2) is 54.6 Å². The fourth-order valence-corrected chi connectivity index (χ4v) is 6.44. The summed E-state index contributed by atoms with van der Waals surface area (Å²) in [6, 6.07) is 15.5. The molecule has 0 aromatic heterocycles. The van der Waals surface area contributed by atoms with E-state index in [4.69, 9.17) is 0 Å². The van der Waals surface area contributed by atoms with E-state index in [2.05, 4.69) is 44.5 Å². The van der Waals surface area contributed by atoms with Crippen LogP contribution in [0.2, 0.25) is 0 Å². The Balaban J connectivity index is 0.000000181. The third-order valence-corrected chi connectivity index (χ3v) is 9.62. The minimum atomic E-state index is -0.820. The van der Waals surface area contributed by atoms with Gasteiger partial charge in [-0.05, 0) is 86.9 Å². The van der Waals surface area contributed by atoms with Crippen molar-refractivity contribution in [2.24, 2.45) is 0 Å². The van der Waals surface area contributed by atoms with E-state index in [1.165, 1.54) is 43.5 Å². The van der Waals surface area contributed by atoms with Crippen molar-refractivity contribution >= 4 is 35.9 Å². The fraction of sp³-hybridized carbons (Fsp3) is 0.488. The summed E-state index contributed by atoms with van der Waals surface area (Å²) in [6.07, 6.45) is 6.98. The van der Waals surface area contributed by atoms with Crippen LogP contribution in [0.3, 0.4) is 0 Å². The molecule has 294 valence electrons. The standard InChI is InChI=1S/C14H18F2N2O.C14H19FN2O.C13H17FN2O/c1-2-3-4-18-7-11(8-18)17-10-5-13(15)12(9-19)14(16)6-10;1-2-3-6-17-8-13(9-17)16-12-5-4-11(10-18)14(15)7-12;14-6-1-7-16-8-13(9-16)15-12-4-2-11(10-17)3-5-12/h5-6,9,11,17H,2-4,7-8H2,1H3;4-5,7,10,13,16H,2-3,6,8-9H2,1H3;2-5,10,13,15H,1,6-9H2. The third-order valence-electron chi connectivity index (χ3n) is 9.62. The molecule has 9 nitrogen and oxygen atoms in total. The summed E-state index contributed by atoms with van der Waals surface area (Å²) in [4.78, 5) is 38.4. The normalized spacial score (nSPS) is 16.3. The molecule has 3 fully saturated rings. The average molecular weight is 755 g/mol. The number of aldehydes is 3. The molecule has 3 aliphatic rings. The first kappa shape index (κ1) is 42.4. The molecular formula is C41H54F4N6O3. The highest BCUT2D eigenvalue weighted by Gasteiger charge is 2.27. The Kier molecular flexibility index (Phi) is 17.4. The maximum absolute atomic E-state index is 13.4. The Bertz CT molecular complexity index is 1590. The first-order valence-corrected chi connectivity index (χ1v) is 18.9. The molecule has 0 unspecified atom stereocenters. The molecule has 3 aromatic rings. The minimum Gasteiger partial charge on any atom is -0.380 e. The number of nitrogens with one attached hydrogen (secondary N) is 3. The SMILES string of the molecule is CCCCN1CC(Nc2cc(F)c(C=O)c(F)c2)C1.CCCCN1CC(Nc2ccc(C=O)c(F)c2)C1.O=Cc1ccc(NC2CN(CCCF)C2)cc1. The molecule has 0 bridgehead atoms. The van der Waals surface area contributed by atoms with E-state index >= 15 is 0 Å². The van der Waals surface area contributed by atoms with Crippen LogP contribution in [0, 0.1) is 17.5 Å². The maximum atomic E-state index is 13.4. The zero-order valence-electron chi connectivity index (χ0n) is 31.3. The van der Waals surface area contributed by atoms with E-state index in [-0.39, 0.29) is 24.6 Å². The van der Waals surface area contributed by atoms with Gasteiger partial charge < -0.3 is 16.0 Å². The zero-order chi connectivity index (χ0) is 38.9. The lowest BCUT2D eigenvalue weighted by atomic mass is 10.1. The molecule has 0 saturated carbocycles. The number of hydrogen-bond donors (Lipinski definition) is 3. The summed E-state index contributed by atoms with van der Waals surface area (Å²) >= 11 is 0. The van der Waals surface area contributed by atoms with E-state index in [0.717, 1.165) is 83.0 Å². The smallest absolute Gasteiger partial charge is 0.155 e. The highest BCUT2D eigenvalue weighted by Crippen LogP contribution is 2.22. The molecular weight excluding hydrogens is 700 g/mol. The monoisotopic (exact) mass is 754 g/mol. The first-order chi connectivity index (χ1) is 26.2. The number of benzene rings is 3. The van der Waals surface area contributed by atoms with Crippen molar-refractivity contribution in [3.05, 3.63) is 88.7 Å². The number of likely N-dealkylation sites (tertiary alicyclic amines) is 3. The number of rotatable bonds is 18. The van der Waals surface area contributed by atoms with Gasteiger partial charge in [0.25, 0.3) is 0 Å².